The first-order valence-corrected chi connectivity index (χ1v) is 9.39. The Bertz CT molecular complexity index is 611. The van der Waals surface area contributed by atoms with E-state index in [0.717, 1.165) is 31.7 Å². The Hall–Kier alpha value is -1.53. The number of piperazine rings is 1. The summed E-state index contributed by atoms with van der Waals surface area (Å²) < 4.78 is 0. The number of carbonyl (C=O) groups is 2. The van der Waals surface area contributed by atoms with Crippen molar-refractivity contribution < 1.29 is 9.59 Å². The van der Waals surface area contributed by atoms with Gasteiger partial charge < -0.3 is 14.7 Å². The zero-order chi connectivity index (χ0) is 17.3. The van der Waals surface area contributed by atoms with Crippen LogP contribution < -0.4 is 0 Å². The van der Waals surface area contributed by atoms with Gasteiger partial charge in [0.15, 0.2) is 0 Å². The third kappa shape index (κ3) is 3.59. The monoisotopic (exact) mass is 347 g/mol. The third-order valence-electron chi connectivity index (χ3n) is 4.77. The molecule has 0 bridgehead atoms. The fraction of sp³-hybridized carbons (Fsp3) is 0.556. The molecule has 0 unspecified atom stereocenters. The molecule has 2 aliphatic rings. The minimum absolute atomic E-state index is 0.0586. The molecule has 0 spiro atoms. The number of rotatable bonds is 3. The van der Waals surface area contributed by atoms with Crippen LogP contribution in [0.1, 0.15) is 23.4 Å². The van der Waals surface area contributed by atoms with Gasteiger partial charge in [-0.15, -0.1) is 11.8 Å². The molecule has 1 aromatic carbocycles. The van der Waals surface area contributed by atoms with Gasteiger partial charge in [0.25, 0.3) is 0 Å². The van der Waals surface area contributed by atoms with Crippen LogP contribution in [0.2, 0.25) is 0 Å². The minimum Gasteiger partial charge on any atom is -0.339 e. The van der Waals surface area contributed by atoms with E-state index in [4.69, 9.17) is 0 Å². The number of nitrogens with zero attached hydrogens (tertiary/aromatic N) is 3. The molecule has 2 saturated heterocycles. The molecule has 2 fully saturated rings. The summed E-state index contributed by atoms with van der Waals surface area (Å²) in [7, 11) is 2.07. The number of benzene rings is 1. The fourth-order valence-corrected chi connectivity index (χ4v) is 4.40. The number of amides is 2. The molecule has 6 heteroatoms. The SMILES string of the molecule is Cc1ccc([C@H]2S[C@@H](C)C(=O)N2CC(=O)N2CCN(C)CC2)cc1. The van der Waals surface area contributed by atoms with Gasteiger partial charge in [-0.3, -0.25) is 9.59 Å². The Labute approximate surface area is 148 Å². The second-order valence-corrected chi connectivity index (χ2v) is 8.12. The van der Waals surface area contributed by atoms with Crippen LogP contribution >= 0.6 is 11.8 Å². The van der Waals surface area contributed by atoms with Crippen molar-refractivity contribution in [3.05, 3.63) is 35.4 Å². The maximum Gasteiger partial charge on any atom is 0.242 e. The Morgan fingerprint density at radius 2 is 1.79 bits per heavy atom. The average Bonchev–Trinajstić information content (AvgIpc) is 2.84. The van der Waals surface area contributed by atoms with E-state index in [2.05, 4.69) is 36.2 Å². The van der Waals surface area contributed by atoms with E-state index in [-0.39, 0.29) is 29.0 Å². The molecule has 2 amide bonds. The highest BCUT2D eigenvalue weighted by atomic mass is 32.2. The topological polar surface area (TPSA) is 43.9 Å². The Kier molecular flexibility index (Phi) is 5.15. The van der Waals surface area contributed by atoms with Gasteiger partial charge in [-0.05, 0) is 26.5 Å². The normalized spacial score (nSPS) is 25.4. The van der Waals surface area contributed by atoms with Gasteiger partial charge in [-0.2, -0.15) is 0 Å². The second-order valence-electron chi connectivity index (χ2n) is 6.69. The summed E-state index contributed by atoms with van der Waals surface area (Å²) in [6.07, 6.45) is 0. The summed E-state index contributed by atoms with van der Waals surface area (Å²) >= 11 is 1.63. The van der Waals surface area contributed by atoms with Crippen LogP contribution in [0, 0.1) is 6.92 Å². The Balaban J connectivity index is 1.72. The van der Waals surface area contributed by atoms with Gasteiger partial charge in [0.05, 0.1) is 5.25 Å². The van der Waals surface area contributed by atoms with Crippen molar-refractivity contribution in [2.75, 3.05) is 39.8 Å². The highest BCUT2D eigenvalue weighted by Gasteiger charge is 2.40. The summed E-state index contributed by atoms with van der Waals surface area (Å²) in [6, 6.07) is 8.24. The maximum absolute atomic E-state index is 12.6. The van der Waals surface area contributed by atoms with Crippen molar-refractivity contribution in [1.29, 1.82) is 0 Å². The van der Waals surface area contributed by atoms with Crippen LogP contribution in [-0.4, -0.2) is 71.5 Å². The second kappa shape index (κ2) is 7.15. The number of hydrogen-bond acceptors (Lipinski definition) is 4. The molecule has 0 aliphatic carbocycles. The van der Waals surface area contributed by atoms with E-state index in [0.29, 0.717) is 0 Å². The van der Waals surface area contributed by atoms with Crippen molar-refractivity contribution in [3.63, 3.8) is 0 Å². The molecule has 24 heavy (non-hydrogen) atoms. The molecular weight excluding hydrogens is 322 g/mol. The number of carbonyl (C=O) groups excluding carboxylic acids is 2. The number of likely N-dealkylation sites (N-methyl/N-ethyl adjacent to an activating group) is 1. The van der Waals surface area contributed by atoms with E-state index < -0.39 is 0 Å². The zero-order valence-electron chi connectivity index (χ0n) is 14.6. The quantitative estimate of drug-likeness (QED) is 0.835. The first-order chi connectivity index (χ1) is 11.5. The highest BCUT2D eigenvalue weighted by Crippen LogP contribution is 2.42. The molecule has 2 heterocycles. The summed E-state index contributed by atoms with van der Waals surface area (Å²) in [4.78, 5) is 31.1. The van der Waals surface area contributed by atoms with Crippen LogP contribution in [0.3, 0.4) is 0 Å². The molecular formula is C18H25N3O2S. The molecule has 0 radical (unpaired) electrons. The van der Waals surface area contributed by atoms with Gasteiger partial charge in [0, 0.05) is 26.2 Å². The highest BCUT2D eigenvalue weighted by molar-refractivity contribution is 8.01. The molecule has 3 rings (SSSR count). The Morgan fingerprint density at radius 3 is 2.42 bits per heavy atom. The van der Waals surface area contributed by atoms with Crippen LogP contribution in [0.4, 0.5) is 0 Å². The minimum atomic E-state index is -0.100. The molecule has 1 aromatic rings. The molecule has 0 aromatic heterocycles. The molecule has 0 saturated carbocycles. The molecule has 5 nitrogen and oxygen atoms in total. The number of thioether (sulfide) groups is 1. The van der Waals surface area contributed by atoms with Crippen LogP contribution in [0.5, 0.6) is 0 Å². The zero-order valence-corrected chi connectivity index (χ0v) is 15.4. The van der Waals surface area contributed by atoms with Gasteiger partial charge >= 0.3 is 0 Å². The lowest BCUT2D eigenvalue weighted by atomic mass is 10.1. The number of hydrogen-bond donors (Lipinski definition) is 0. The van der Waals surface area contributed by atoms with Crippen molar-refractivity contribution in [3.8, 4) is 0 Å². The van der Waals surface area contributed by atoms with Gasteiger partial charge in [0.1, 0.15) is 11.9 Å². The van der Waals surface area contributed by atoms with E-state index in [9.17, 15) is 9.59 Å². The lowest BCUT2D eigenvalue weighted by molar-refractivity contribution is -0.140. The van der Waals surface area contributed by atoms with Crippen molar-refractivity contribution >= 4 is 23.6 Å². The van der Waals surface area contributed by atoms with Crippen LogP contribution in [0.15, 0.2) is 24.3 Å². The smallest absolute Gasteiger partial charge is 0.242 e. The van der Waals surface area contributed by atoms with E-state index in [1.807, 2.05) is 18.7 Å². The van der Waals surface area contributed by atoms with Crippen molar-refractivity contribution in [1.82, 2.24) is 14.7 Å². The van der Waals surface area contributed by atoms with E-state index >= 15 is 0 Å². The molecule has 130 valence electrons. The first-order valence-electron chi connectivity index (χ1n) is 8.44. The van der Waals surface area contributed by atoms with Crippen molar-refractivity contribution in [2.24, 2.45) is 0 Å². The molecule has 2 atom stereocenters. The lowest BCUT2D eigenvalue weighted by Gasteiger charge is -2.34. The largest absolute Gasteiger partial charge is 0.339 e. The predicted molar refractivity (Wildman–Crippen MR) is 96.8 cm³/mol. The van der Waals surface area contributed by atoms with E-state index in [1.165, 1.54) is 5.56 Å². The van der Waals surface area contributed by atoms with Gasteiger partial charge in [0.2, 0.25) is 11.8 Å². The summed E-state index contributed by atoms with van der Waals surface area (Å²) in [6.45, 7) is 7.43. The van der Waals surface area contributed by atoms with Gasteiger partial charge in [-0.25, -0.2) is 0 Å². The predicted octanol–water partition coefficient (Wildman–Crippen LogP) is 1.73. The standard InChI is InChI=1S/C18H25N3O2S/c1-13-4-6-15(7-5-13)18-21(17(23)14(2)24-18)12-16(22)20-10-8-19(3)9-11-20/h4-7,14,18H,8-12H2,1-3H3/t14-,18+/m0/s1. The average molecular weight is 347 g/mol. The van der Waals surface area contributed by atoms with E-state index in [1.54, 1.807) is 16.7 Å². The number of aryl methyl sites for hydroxylation is 1. The van der Waals surface area contributed by atoms with Gasteiger partial charge in [-0.1, -0.05) is 29.8 Å². The van der Waals surface area contributed by atoms with Crippen molar-refractivity contribution in [2.45, 2.75) is 24.5 Å². The lowest BCUT2D eigenvalue weighted by Crippen LogP contribution is -2.50. The third-order valence-corrected chi connectivity index (χ3v) is 6.17. The Morgan fingerprint density at radius 1 is 1.17 bits per heavy atom. The molecule has 0 N–H and O–H groups in total. The summed E-state index contributed by atoms with van der Waals surface area (Å²) in [5.74, 6) is 0.122. The van der Waals surface area contributed by atoms with Crippen LogP contribution in [-0.2, 0) is 9.59 Å². The summed E-state index contributed by atoms with van der Waals surface area (Å²) in [5, 5.41) is -0.166. The first kappa shape index (κ1) is 17.3. The fourth-order valence-electron chi connectivity index (χ4n) is 3.13. The molecule has 2 aliphatic heterocycles. The summed E-state index contributed by atoms with van der Waals surface area (Å²) in [5.41, 5.74) is 2.29. The maximum atomic E-state index is 12.6. The van der Waals surface area contributed by atoms with Crippen LogP contribution in [0.25, 0.3) is 0 Å².